The Morgan fingerprint density at radius 1 is 1.18 bits per heavy atom. The second kappa shape index (κ2) is 3.71. The summed E-state index contributed by atoms with van der Waals surface area (Å²) in [4.78, 5) is 0. The first-order valence-electron chi connectivity index (χ1n) is 3.30. The van der Waals surface area contributed by atoms with Gasteiger partial charge < -0.3 is 14.8 Å². The molecular formula is C8H11NO2. The lowest BCUT2D eigenvalue weighted by Crippen LogP contribution is -2.09. The summed E-state index contributed by atoms with van der Waals surface area (Å²) in [6.07, 6.45) is 7.35. The summed E-state index contributed by atoms with van der Waals surface area (Å²) in [5.74, 6) is 1.31. The van der Waals surface area contributed by atoms with E-state index < -0.39 is 0 Å². The van der Waals surface area contributed by atoms with E-state index >= 15 is 0 Å². The molecule has 0 amide bonds. The molecule has 0 bridgehead atoms. The summed E-state index contributed by atoms with van der Waals surface area (Å²) >= 11 is 0. The fourth-order valence-electron chi connectivity index (χ4n) is 0.789. The molecule has 3 nitrogen and oxygen atoms in total. The van der Waals surface area contributed by atoms with Crippen LogP contribution in [0, 0.1) is 0 Å². The maximum absolute atomic E-state index is 5.04. The number of ether oxygens (including phenoxy) is 2. The van der Waals surface area contributed by atoms with E-state index in [1.165, 1.54) is 0 Å². The van der Waals surface area contributed by atoms with Crippen molar-refractivity contribution < 1.29 is 9.47 Å². The molecule has 3 heteroatoms. The Hall–Kier alpha value is -1.38. The van der Waals surface area contributed by atoms with E-state index in [9.17, 15) is 0 Å². The number of allylic oxidation sites excluding steroid dienone is 3. The normalized spacial score (nSPS) is 15.8. The van der Waals surface area contributed by atoms with Crippen molar-refractivity contribution >= 4 is 0 Å². The molecule has 0 saturated heterocycles. The SMILES string of the molecule is COC1=C(OC)NC=CC=C1. The van der Waals surface area contributed by atoms with Crippen molar-refractivity contribution in [1.82, 2.24) is 5.32 Å². The summed E-state index contributed by atoms with van der Waals surface area (Å²) in [7, 11) is 3.19. The highest BCUT2D eigenvalue weighted by Gasteiger charge is 2.03. The molecule has 0 aromatic heterocycles. The topological polar surface area (TPSA) is 30.5 Å². The number of rotatable bonds is 2. The van der Waals surface area contributed by atoms with Crippen LogP contribution in [0.5, 0.6) is 0 Å². The van der Waals surface area contributed by atoms with Crippen LogP contribution in [0.4, 0.5) is 0 Å². The fraction of sp³-hybridized carbons (Fsp3) is 0.250. The van der Waals surface area contributed by atoms with Crippen molar-refractivity contribution in [3.63, 3.8) is 0 Å². The van der Waals surface area contributed by atoms with Crippen LogP contribution in [0.1, 0.15) is 0 Å². The number of methoxy groups -OCH3 is 2. The molecule has 1 heterocycles. The summed E-state index contributed by atoms with van der Waals surface area (Å²) in [6.45, 7) is 0. The predicted octanol–water partition coefficient (Wildman–Crippen LogP) is 1.12. The van der Waals surface area contributed by atoms with Gasteiger partial charge in [-0.05, 0) is 12.2 Å². The molecule has 0 aromatic rings. The van der Waals surface area contributed by atoms with Gasteiger partial charge >= 0.3 is 0 Å². The molecule has 60 valence electrons. The first-order chi connectivity index (χ1) is 5.38. The van der Waals surface area contributed by atoms with Crippen molar-refractivity contribution in [2.24, 2.45) is 0 Å². The van der Waals surface area contributed by atoms with Gasteiger partial charge in [0.05, 0.1) is 14.2 Å². The monoisotopic (exact) mass is 153 g/mol. The molecule has 0 spiro atoms. The zero-order chi connectivity index (χ0) is 8.10. The molecule has 1 rings (SSSR count). The summed E-state index contributed by atoms with van der Waals surface area (Å²) < 4.78 is 10.1. The molecule has 1 N–H and O–H groups in total. The Morgan fingerprint density at radius 2 is 2.00 bits per heavy atom. The maximum Gasteiger partial charge on any atom is 0.234 e. The van der Waals surface area contributed by atoms with Crippen LogP contribution in [0.15, 0.2) is 36.1 Å². The van der Waals surface area contributed by atoms with Crippen LogP contribution in [-0.2, 0) is 9.47 Å². The molecule has 0 aromatic carbocycles. The van der Waals surface area contributed by atoms with E-state index in [4.69, 9.17) is 9.47 Å². The average molecular weight is 153 g/mol. The first-order valence-corrected chi connectivity index (χ1v) is 3.30. The van der Waals surface area contributed by atoms with Gasteiger partial charge in [0.1, 0.15) is 0 Å². The van der Waals surface area contributed by atoms with Crippen molar-refractivity contribution in [3.8, 4) is 0 Å². The van der Waals surface area contributed by atoms with Gasteiger partial charge in [-0.2, -0.15) is 0 Å². The zero-order valence-corrected chi connectivity index (χ0v) is 6.63. The third kappa shape index (κ3) is 1.77. The Kier molecular flexibility index (Phi) is 2.60. The third-order valence-electron chi connectivity index (χ3n) is 1.32. The maximum atomic E-state index is 5.04. The van der Waals surface area contributed by atoms with Gasteiger partial charge in [0.25, 0.3) is 0 Å². The van der Waals surface area contributed by atoms with Crippen molar-refractivity contribution in [2.75, 3.05) is 14.2 Å². The van der Waals surface area contributed by atoms with Gasteiger partial charge in [0, 0.05) is 6.20 Å². The van der Waals surface area contributed by atoms with Crippen molar-refractivity contribution in [2.45, 2.75) is 0 Å². The van der Waals surface area contributed by atoms with Gasteiger partial charge in [0.15, 0.2) is 5.76 Å². The second-order valence-electron chi connectivity index (χ2n) is 1.96. The predicted molar refractivity (Wildman–Crippen MR) is 42.5 cm³/mol. The standard InChI is InChI=1S/C8H11NO2/c1-10-7-5-3-4-6-9-8(7)11-2/h3-6,9H,1-2H3. The van der Waals surface area contributed by atoms with Crippen molar-refractivity contribution in [3.05, 3.63) is 36.1 Å². The largest absolute Gasteiger partial charge is 0.491 e. The lowest BCUT2D eigenvalue weighted by molar-refractivity contribution is 0.218. The van der Waals surface area contributed by atoms with Gasteiger partial charge in [0.2, 0.25) is 5.88 Å². The van der Waals surface area contributed by atoms with Crippen LogP contribution < -0.4 is 5.32 Å². The minimum absolute atomic E-state index is 0.623. The Morgan fingerprint density at radius 3 is 2.64 bits per heavy atom. The quantitative estimate of drug-likeness (QED) is 0.644. The number of hydrogen-bond donors (Lipinski definition) is 1. The summed E-state index contributed by atoms with van der Waals surface area (Å²) in [5, 5.41) is 2.92. The highest BCUT2D eigenvalue weighted by atomic mass is 16.5. The van der Waals surface area contributed by atoms with E-state index in [0.29, 0.717) is 11.6 Å². The van der Waals surface area contributed by atoms with Crippen LogP contribution in [0.25, 0.3) is 0 Å². The van der Waals surface area contributed by atoms with E-state index in [1.807, 2.05) is 18.2 Å². The molecule has 0 unspecified atom stereocenters. The minimum atomic E-state index is 0.623. The zero-order valence-electron chi connectivity index (χ0n) is 6.63. The van der Waals surface area contributed by atoms with Crippen LogP contribution >= 0.6 is 0 Å². The molecule has 0 atom stereocenters. The highest BCUT2D eigenvalue weighted by Crippen LogP contribution is 2.07. The number of hydrogen-bond acceptors (Lipinski definition) is 3. The van der Waals surface area contributed by atoms with E-state index in [0.717, 1.165) is 0 Å². The van der Waals surface area contributed by atoms with E-state index in [2.05, 4.69) is 5.32 Å². The van der Waals surface area contributed by atoms with Crippen LogP contribution in [0.2, 0.25) is 0 Å². The summed E-state index contributed by atoms with van der Waals surface area (Å²) in [6, 6.07) is 0. The Bertz CT molecular complexity index is 216. The van der Waals surface area contributed by atoms with Crippen molar-refractivity contribution in [1.29, 1.82) is 0 Å². The van der Waals surface area contributed by atoms with E-state index in [-0.39, 0.29) is 0 Å². The highest BCUT2D eigenvalue weighted by molar-refractivity contribution is 5.23. The first kappa shape index (κ1) is 7.72. The van der Waals surface area contributed by atoms with Crippen LogP contribution in [-0.4, -0.2) is 14.2 Å². The average Bonchev–Trinajstić information content (AvgIpc) is 2.27. The molecular weight excluding hydrogens is 142 g/mol. The van der Waals surface area contributed by atoms with E-state index in [1.54, 1.807) is 20.4 Å². The lowest BCUT2D eigenvalue weighted by atomic mass is 10.4. The molecule has 0 saturated carbocycles. The van der Waals surface area contributed by atoms with Crippen LogP contribution in [0.3, 0.4) is 0 Å². The van der Waals surface area contributed by atoms with Gasteiger partial charge in [-0.25, -0.2) is 0 Å². The molecule has 0 radical (unpaired) electrons. The lowest BCUT2D eigenvalue weighted by Gasteiger charge is -2.07. The molecule has 11 heavy (non-hydrogen) atoms. The second-order valence-corrected chi connectivity index (χ2v) is 1.96. The Labute approximate surface area is 66.0 Å². The minimum Gasteiger partial charge on any atom is -0.491 e. The van der Waals surface area contributed by atoms with Gasteiger partial charge in [-0.1, -0.05) is 6.08 Å². The molecule has 0 aliphatic carbocycles. The van der Waals surface area contributed by atoms with Gasteiger partial charge in [-0.15, -0.1) is 0 Å². The third-order valence-corrected chi connectivity index (χ3v) is 1.32. The molecule has 1 aliphatic heterocycles. The smallest absolute Gasteiger partial charge is 0.234 e. The molecule has 1 aliphatic rings. The van der Waals surface area contributed by atoms with Gasteiger partial charge in [-0.3, -0.25) is 0 Å². The molecule has 0 fully saturated rings. The fourth-order valence-corrected chi connectivity index (χ4v) is 0.789. The Balaban J connectivity index is 2.85. The summed E-state index contributed by atoms with van der Waals surface area (Å²) in [5.41, 5.74) is 0. The number of nitrogens with one attached hydrogen (secondary N) is 1.